The topological polar surface area (TPSA) is 62.6 Å². The Kier molecular flexibility index (Phi) is 7.26. The van der Waals surface area contributed by atoms with E-state index in [9.17, 15) is 4.79 Å². The lowest BCUT2D eigenvalue weighted by atomic mass is 10.1. The molecule has 148 valence electrons. The van der Waals surface area contributed by atoms with E-state index in [1.807, 2.05) is 54.8 Å². The third kappa shape index (κ3) is 5.59. The highest BCUT2D eigenvalue weighted by Crippen LogP contribution is 2.24. The van der Waals surface area contributed by atoms with Crippen LogP contribution in [0.4, 0.5) is 5.69 Å². The van der Waals surface area contributed by atoms with Crippen LogP contribution in [0.5, 0.6) is 11.5 Å². The van der Waals surface area contributed by atoms with Crippen molar-refractivity contribution in [2.24, 2.45) is 0 Å². The number of nitrogens with zero attached hydrogens (tertiary/aromatic N) is 2. The van der Waals surface area contributed by atoms with Gasteiger partial charge >= 0.3 is 0 Å². The molecule has 1 heterocycles. The molecule has 29 heavy (non-hydrogen) atoms. The van der Waals surface area contributed by atoms with Gasteiger partial charge in [0.05, 0.1) is 19.1 Å². The minimum Gasteiger partial charge on any atom is -0.494 e. The van der Waals surface area contributed by atoms with Crippen LogP contribution in [0.3, 0.4) is 0 Å². The summed E-state index contributed by atoms with van der Waals surface area (Å²) in [6, 6.07) is 20.5. The number of carbonyl (C=O) groups is 1. The Morgan fingerprint density at radius 2 is 1.90 bits per heavy atom. The van der Waals surface area contributed by atoms with Gasteiger partial charge in [0.1, 0.15) is 18.1 Å². The Morgan fingerprint density at radius 1 is 1.07 bits per heavy atom. The fraction of sp³-hybridized carbons (Fsp3) is 0.217. The highest BCUT2D eigenvalue weighted by Gasteiger charge is 2.18. The van der Waals surface area contributed by atoms with Gasteiger partial charge in [0, 0.05) is 22.7 Å². The molecule has 0 atom stereocenters. The number of hydrogen-bond donors (Lipinski definition) is 0. The van der Waals surface area contributed by atoms with Crippen molar-refractivity contribution in [2.45, 2.75) is 20.0 Å². The van der Waals surface area contributed by atoms with Crippen molar-refractivity contribution in [3.05, 3.63) is 76.5 Å². The van der Waals surface area contributed by atoms with Crippen LogP contribution in [0.15, 0.2) is 66.0 Å². The second-order valence-corrected chi connectivity index (χ2v) is 7.22. The first-order chi connectivity index (χ1) is 14.2. The van der Waals surface area contributed by atoms with E-state index in [0.29, 0.717) is 31.1 Å². The third-order valence-electron chi connectivity index (χ3n) is 4.19. The first-order valence-corrected chi connectivity index (χ1v) is 10.3. The molecule has 1 amide bonds. The van der Waals surface area contributed by atoms with E-state index in [2.05, 4.69) is 6.07 Å². The highest BCUT2D eigenvalue weighted by atomic mass is 32.1. The number of ether oxygens (including phenoxy) is 2. The van der Waals surface area contributed by atoms with Gasteiger partial charge in [-0.1, -0.05) is 12.1 Å². The van der Waals surface area contributed by atoms with Crippen molar-refractivity contribution < 1.29 is 14.3 Å². The first kappa shape index (κ1) is 20.4. The van der Waals surface area contributed by atoms with Gasteiger partial charge in [-0.2, -0.15) is 5.26 Å². The summed E-state index contributed by atoms with van der Waals surface area (Å²) < 4.78 is 11.3. The van der Waals surface area contributed by atoms with Crippen LogP contribution in [0.25, 0.3) is 0 Å². The lowest BCUT2D eigenvalue weighted by Crippen LogP contribution is -2.31. The zero-order chi connectivity index (χ0) is 20.5. The molecule has 0 radical (unpaired) electrons. The van der Waals surface area contributed by atoms with E-state index < -0.39 is 0 Å². The average molecular weight is 407 g/mol. The van der Waals surface area contributed by atoms with Gasteiger partial charge in [-0.3, -0.25) is 4.79 Å². The summed E-state index contributed by atoms with van der Waals surface area (Å²) in [5, 5.41) is 11.0. The predicted octanol–water partition coefficient (Wildman–Crippen LogP) is 5.29. The van der Waals surface area contributed by atoms with Gasteiger partial charge in [0.15, 0.2) is 0 Å². The van der Waals surface area contributed by atoms with Crippen LogP contribution in [0.2, 0.25) is 0 Å². The smallest absolute Gasteiger partial charge is 0.258 e. The fourth-order valence-electron chi connectivity index (χ4n) is 2.82. The Labute approximate surface area is 174 Å². The largest absolute Gasteiger partial charge is 0.494 e. The molecule has 3 aromatic rings. The molecule has 0 fully saturated rings. The summed E-state index contributed by atoms with van der Waals surface area (Å²) in [6.45, 7) is 3.27. The maximum Gasteiger partial charge on any atom is 0.258 e. The van der Waals surface area contributed by atoms with E-state index in [4.69, 9.17) is 14.7 Å². The van der Waals surface area contributed by atoms with Crippen LogP contribution in [-0.4, -0.2) is 19.1 Å². The standard InChI is InChI=1S/C23H22N2O3S/c1-2-27-20-11-9-19(10-12-20)25(14-5-13-24)23(26)18-6-3-7-21(16-18)28-17-22-8-4-15-29-22/h3-4,6-12,15-16H,2,5,14,17H2,1H3. The summed E-state index contributed by atoms with van der Waals surface area (Å²) in [7, 11) is 0. The van der Waals surface area contributed by atoms with Crippen LogP contribution in [0, 0.1) is 11.3 Å². The molecule has 2 aromatic carbocycles. The molecule has 0 saturated carbocycles. The van der Waals surface area contributed by atoms with Gasteiger partial charge in [-0.25, -0.2) is 0 Å². The third-order valence-corrected chi connectivity index (χ3v) is 5.04. The Hall–Kier alpha value is -3.30. The number of hydrogen-bond acceptors (Lipinski definition) is 5. The quantitative estimate of drug-likeness (QED) is 0.485. The van der Waals surface area contributed by atoms with Crippen molar-refractivity contribution in [1.82, 2.24) is 0 Å². The Morgan fingerprint density at radius 3 is 2.59 bits per heavy atom. The minimum absolute atomic E-state index is 0.175. The minimum atomic E-state index is -0.175. The second kappa shape index (κ2) is 10.3. The van der Waals surface area contributed by atoms with Crippen molar-refractivity contribution in [2.75, 3.05) is 18.1 Å². The van der Waals surface area contributed by atoms with E-state index >= 15 is 0 Å². The van der Waals surface area contributed by atoms with E-state index in [1.165, 1.54) is 0 Å². The van der Waals surface area contributed by atoms with E-state index in [0.717, 1.165) is 16.3 Å². The Bertz CT molecular complexity index is 963. The number of carbonyl (C=O) groups excluding carboxylic acids is 1. The molecule has 0 bridgehead atoms. The van der Waals surface area contributed by atoms with E-state index in [1.54, 1.807) is 34.4 Å². The number of nitriles is 1. The highest BCUT2D eigenvalue weighted by molar-refractivity contribution is 7.09. The number of thiophene rings is 1. The molecule has 0 spiro atoms. The van der Waals surface area contributed by atoms with Crippen LogP contribution in [-0.2, 0) is 6.61 Å². The molecule has 1 aromatic heterocycles. The number of rotatable bonds is 9. The average Bonchev–Trinajstić information content (AvgIpc) is 3.28. The first-order valence-electron chi connectivity index (χ1n) is 9.38. The van der Waals surface area contributed by atoms with Crippen LogP contribution in [0.1, 0.15) is 28.6 Å². The number of benzene rings is 2. The summed E-state index contributed by atoms with van der Waals surface area (Å²) in [5.41, 5.74) is 1.24. The fourth-order valence-corrected chi connectivity index (χ4v) is 3.44. The summed E-state index contributed by atoms with van der Waals surface area (Å²) >= 11 is 1.63. The monoisotopic (exact) mass is 406 g/mol. The summed E-state index contributed by atoms with van der Waals surface area (Å²) in [5.74, 6) is 1.20. The van der Waals surface area contributed by atoms with Gasteiger partial charge in [0.2, 0.25) is 0 Å². The molecule has 0 saturated heterocycles. The molecule has 3 rings (SSSR count). The lowest BCUT2D eigenvalue weighted by molar-refractivity contribution is 0.0987. The molecular formula is C23H22N2O3S. The molecule has 0 aliphatic rings. The van der Waals surface area contributed by atoms with Gasteiger partial charge in [-0.15, -0.1) is 11.3 Å². The molecule has 0 N–H and O–H groups in total. The van der Waals surface area contributed by atoms with Crippen molar-refractivity contribution in [3.8, 4) is 17.6 Å². The van der Waals surface area contributed by atoms with Crippen LogP contribution >= 0.6 is 11.3 Å². The predicted molar refractivity (Wildman–Crippen MR) is 115 cm³/mol. The van der Waals surface area contributed by atoms with Crippen molar-refractivity contribution >= 4 is 22.9 Å². The molecule has 0 aliphatic heterocycles. The van der Waals surface area contributed by atoms with Gasteiger partial charge in [-0.05, 0) is 60.8 Å². The zero-order valence-corrected chi connectivity index (χ0v) is 17.0. The Balaban J connectivity index is 1.78. The summed E-state index contributed by atoms with van der Waals surface area (Å²) in [6.07, 6.45) is 0.244. The number of anilines is 1. The van der Waals surface area contributed by atoms with Crippen LogP contribution < -0.4 is 14.4 Å². The van der Waals surface area contributed by atoms with E-state index in [-0.39, 0.29) is 12.3 Å². The SMILES string of the molecule is CCOc1ccc(N(CCC#N)C(=O)c2cccc(OCc3cccs3)c2)cc1. The van der Waals surface area contributed by atoms with Gasteiger partial charge in [0.25, 0.3) is 5.91 Å². The second-order valence-electron chi connectivity index (χ2n) is 6.19. The lowest BCUT2D eigenvalue weighted by Gasteiger charge is -2.22. The maximum atomic E-state index is 13.2. The summed E-state index contributed by atoms with van der Waals surface area (Å²) in [4.78, 5) is 15.9. The maximum absolute atomic E-state index is 13.2. The van der Waals surface area contributed by atoms with Gasteiger partial charge < -0.3 is 14.4 Å². The zero-order valence-electron chi connectivity index (χ0n) is 16.2. The molecule has 6 heteroatoms. The molecule has 5 nitrogen and oxygen atoms in total. The van der Waals surface area contributed by atoms with Crippen molar-refractivity contribution in [1.29, 1.82) is 5.26 Å². The van der Waals surface area contributed by atoms with Crippen molar-refractivity contribution in [3.63, 3.8) is 0 Å². The normalized spacial score (nSPS) is 10.2. The molecule has 0 aliphatic carbocycles. The molecular weight excluding hydrogens is 384 g/mol. The number of amides is 1. The molecule has 0 unspecified atom stereocenters.